The van der Waals surface area contributed by atoms with Gasteiger partial charge in [0.2, 0.25) is 0 Å². The van der Waals surface area contributed by atoms with E-state index in [0.29, 0.717) is 16.0 Å². The van der Waals surface area contributed by atoms with Gasteiger partial charge >= 0.3 is 0 Å². The molecule has 2 aromatic heterocycles. The smallest absolute Gasteiger partial charge is 0.161 e. The summed E-state index contributed by atoms with van der Waals surface area (Å²) in [6.45, 7) is 0. The second-order valence-electron chi connectivity index (χ2n) is 3.74. The van der Waals surface area contributed by atoms with E-state index < -0.39 is 0 Å². The fourth-order valence-electron chi connectivity index (χ4n) is 1.69. The van der Waals surface area contributed by atoms with Crippen LogP contribution in [0.15, 0.2) is 42.7 Å². The van der Waals surface area contributed by atoms with E-state index in [1.165, 1.54) is 0 Å². The Morgan fingerprint density at radius 1 is 0.889 bits per heavy atom. The molecule has 3 aromatic rings. The van der Waals surface area contributed by atoms with Crippen LogP contribution in [-0.2, 0) is 0 Å². The van der Waals surface area contributed by atoms with E-state index in [4.69, 9.17) is 23.2 Å². The van der Waals surface area contributed by atoms with Crippen LogP contribution in [0.1, 0.15) is 0 Å². The summed E-state index contributed by atoms with van der Waals surface area (Å²) in [5.41, 5.74) is 1.65. The Labute approximate surface area is 113 Å². The first kappa shape index (κ1) is 11.4. The summed E-state index contributed by atoms with van der Waals surface area (Å²) in [6, 6.07) is 9.05. The first-order chi connectivity index (χ1) is 8.74. The van der Waals surface area contributed by atoms with E-state index in [-0.39, 0.29) is 0 Å². The van der Waals surface area contributed by atoms with Crippen molar-refractivity contribution in [3.63, 3.8) is 0 Å². The van der Waals surface area contributed by atoms with E-state index >= 15 is 0 Å². The molecule has 3 nitrogen and oxygen atoms in total. The van der Waals surface area contributed by atoms with Gasteiger partial charge in [-0.05, 0) is 30.3 Å². The quantitative estimate of drug-likeness (QED) is 0.630. The summed E-state index contributed by atoms with van der Waals surface area (Å²) in [5, 5.41) is 1.76. The van der Waals surface area contributed by atoms with Crippen molar-refractivity contribution in [3.05, 3.63) is 52.9 Å². The van der Waals surface area contributed by atoms with Crippen LogP contribution in [0.3, 0.4) is 0 Å². The van der Waals surface area contributed by atoms with E-state index in [9.17, 15) is 0 Å². The standard InChI is InChI=1S/C13H7Cl2N3/c14-9-1-2-11-10(7-9)12(15)18-13(17-11)8-3-5-16-6-4-8/h1-7H. The van der Waals surface area contributed by atoms with Gasteiger partial charge in [0.1, 0.15) is 5.15 Å². The highest BCUT2D eigenvalue weighted by atomic mass is 35.5. The van der Waals surface area contributed by atoms with Crippen LogP contribution in [-0.4, -0.2) is 15.0 Å². The van der Waals surface area contributed by atoms with E-state index in [1.54, 1.807) is 24.5 Å². The molecule has 1 aromatic carbocycles. The highest BCUT2D eigenvalue weighted by Crippen LogP contribution is 2.26. The maximum atomic E-state index is 6.16. The lowest BCUT2D eigenvalue weighted by Crippen LogP contribution is -1.92. The fraction of sp³-hybridized carbons (Fsp3) is 0. The minimum absolute atomic E-state index is 0.398. The molecule has 2 heterocycles. The molecular formula is C13H7Cl2N3. The SMILES string of the molecule is Clc1ccc2nc(-c3ccncc3)nc(Cl)c2c1. The number of hydrogen-bond donors (Lipinski definition) is 0. The number of halogens is 2. The van der Waals surface area contributed by atoms with Crippen molar-refractivity contribution in [2.75, 3.05) is 0 Å². The Balaban J connectivity index is 2.25. The summed E-state index contributed by atoms with van der Waals surface area (Å²) >= 11 is 12.1. The van der Waals surface area contributed by atoms with Gasteiger partial charge in [-0.15, -0.1) is 0 Å². The van der Waals surface area contributed by atoms with Gasteiger partial charge in [0.15, 0.2) is 5.82 Å². The number of rotatable bonds is 1. The molecule has 88 valence electrons. The number of fused-ring (bicyclic) bond motifs is 1. The highest BCUT2D eigenvalue weighted by Gasteiger charge is 2.08. The van der Waals surface area contributed by atoms with Gasteiger partial charge in [-0.1, -0.05) is 23.2 Å². The van der Waals surface area contributed by atoms with Crippen molar-refractivity contribution < 1.29 is 0 Å². The first-order valence-corrected chi connectivity index (χ1v) is 6.03. The van der Waals surface area contributed by atoms with E-state index in [2.05, 4.69) is 15.0 Å². The van der Waals surface area contributed by atoms with Crippen LogP contribution in [0, 0.1) is 0 Å². The Hall–Kier alpha value is -1.71. The monoisotopic (exact) mass is 275 g/mol. The third-order valence-corrected chi connectivity index (χ3v) is 3.07. The molecule has 0 spiro atoms. The molecule has 0 aliphatic heterocycles. The molecule has 5 heteroatoms. The van der Waals surface area contributed by atoms with Gasteiger partial charge in [0.05, 0.1) is 5.52 Å². The molecule has 0 radical (unpaired) electrons. The Bertz CT molecular complexity index is 714. The lowest BCUT2D eigenvalue weighted by molar-refractivity contribution is 1.21. The minimum Gasteiger partial charge on any atom is -0.265 e. The van der Waals surface area contributed by atoms with Gasteiger partial charge in [-0.2, -0.15) is 0 Å². The second-order valence-corrected chi connectivity index (χ2v) is 4.53. The molecule has 0 aliphatic rings. The average molecular weight is 276 g/mol. The molecule has 0 unspecified atom stereocenters. The average Bonchev–Trinajstić information content (AvgIpc) is 2.40. The molecular weight excluding hydrogens is 269 g/mol. The highest BCUT2D eigenvalue weighted by molar-refractivity contribution is 6.35. The zero-order valence-corrected chi connectivity index (χ0v) is 10.7. The molecule has 18 heavy (non-hydrogen) atoms. The topological polar surface area (TPSA) is 38.7 Å². The molecule has 0 atom stereocenters. The van der Waals surface area contributed by atoms with Crippen LogP contribution in [0.4, 0.5) is 0 Å². The van der Waals surface area contributed by atoms with Crippen LogP contribution >= 0.6 is 23.2 Å². The molecule has 0 aliphatic carbocycles. The van der Waals surface area contributed by atoms with Crippen LogP contribution in [0.5, 0.6) is 0 Å². The molecule has 3 rings (SSSR count). The maximum Gasteiger partial charge on any atom is 0.161 e. The third-order valence-electron chi connectivity index (χ3n) is 2.55. The van der Waals surface area contributed by atoms with Crippen LogP contribution < -0.4 is 0 Å². The number of aromatic nitrogens is 3. The number of pyridine rings is 1. The van der Waals surface area contributed by atoms with Crippen molar-refractivity contribution in [2.45, 2.75) is 0 Å². The van der Waals surface area contributed by atoms with Gasteiger partial charge in [-0.3, -0.25) is 4.98 Å². The molecule has 0 amide bonds. The first-order valence-electron chi connectivity index (χ1n) is 5.27. The van der Waals surface area contributed by atoms with Crippen LogP contribution in [0.25, 0.3) is 22.3 Å². The lowest BCUT2D eigenvalue weighted by atomic mass is 10.2. The molecule has 0 saturated heterocycles. The van der Waals surface area contributed by atoms with Gasteiger partial charge in [0, 0.05) is 28.4 Å². The Morgan fingerprint density at radius 2 is 1.67 bits per heavy atom. The Kier molecular flexibility index (Phi) is 2.86. The van der Waals surface area contributed by atoms with Crippen molar-refractivity contribution in [1.82, 2.24) is 15.0 Å². The molecule has 0 bridgehead atoms. The Morgan fingerprint density at radius 3 is 2.44 bits per heavy atom. The minimum atomic E-state index is 0.398. The molecule has 0 saturated carbocycles. The summed E-state index contributed by atoms with van der Waals surface area (Å²) in [4.78, 5) is 12.7. The van der Waals surface area contributed by atoms with Crippen molar-refractivity contribution in [3.8, 4) is 11.4 Å². The molecule has 0 fully saturated rings. The lowest BCUT2D eigenvalue weighted by Gasteiger charge is -2.04. The van der Waals surface area contributed by atoms with Crippen molar-refractivity contribution >= 4 is 34.1 Å². The largest absolute Gasteiger partial charge is 0.265 e. The van der Waals surface area contributed by atoms with E-state index in [1.807, 2.05) is 18.2 Å². The van der Waals surface area contributed by atoms with Crippen molar-refractivity contribution in [1.29, 1.82) is 0 Å². The maximum absolute atomic E-state index is 6.16. The predicted molar refractivity (Wildman–Crippen MR) is 72.8 cm³/mol. The fourth-order valence-corrected chi connectivity index (χ4v) is 2.10. The molecule has 0 N–H and O–H groups in total. The zero-order chi connectivity index (χ0) is 12.5. The van der Waals surface area contributed by atoms with E-state index in [0.717, 1.165) is 16.5 Å². The predicted octanol–water partition coefficient (Wildman–Crippen LogP) is 4.00. The number of nitrogens with zero attached hydrogens (tertiary/aromatic N) is 3. The zero-order valence-electron chi connectivity index (χ0n) is 9.14. The summed E-state index contributed by atoms with van der Waals surface area (Å²) in [6.07, 6.45) is 3.39. The second kappa shape index (κ2) is 4.52. The number of benzene rings is 1. The number of hydrogen-bond acceptors (Lipinski definition) is 3. The normalized spacial score (nSPS) is 10.8. The van der Waals surface area contributed by atoms with Gasteiger partial charge in [0.25, 0.3) is 0 Å². The summed E-state index contributed by atoms with van der Waals surface area (Å²) < 4.78 is 0. The summed E-state index contributed by atoms with van der Waals surface area (Å²) in [5.74, 6) is 0.581. The third kappa shape index (κ3) is 2.03. The van der Waals surface area contributed by atoms with Gasteiger partial charge in [-0.25, -0.2) is 9.97 Å². The van der Waals surface area contributed by atoms with Gasteiger partial charge < -0.3 is 0 Å². The van der Waals surface area contributed by atoms with Crippen LogP contribution in [0.2, 0.25) is 10.2 Å². The summed E-state index contributed by atoms with van der Waals surface area (Å²) in [7, 11) is 0. The van der Waals surface area contributed by atoms with Crippen molar-refractivity contribution in [2.24, 2.45) is 0 Å².